The summed E-state index contributed by atoms with van der Waals surface area (Å²) >= 11 is 0. The van der Waals surface area contributed by atoms with Gasteiger partial charge in [0, 0.05) is 6.54 Å². The minimum absolute atomic E-state index is 0.749. The molecular weight excluding hydrogens is 184 g/mol. The van der Waals surface area contributed by atoms with Crippen LogP contribution < -0.4 is 5.32 Å². The topological polar surface area (TPSA) is 35.8 Å². The van der Waals surface area contributed by atoms with E-state index in [1.54, 1.807) is 0 Å². The van der Waals surface area contributed by atoms with Crippen LogP contribution in [0.3, 0.4) is 0 Å². The number of rotatable bonds is 4. The van der Waals surface area contributed by atoms with Crippen LogP contribution in [-0.4, -0.2) is 6.54 Å². The molecular formula is C13H16N2. The molecule has 1 aliphatic carbocycles. The van der Waals surface area contributed by atoms with Crippen LogP contribution in [0.2, 0.25) is 0 Å². The zero-order valence-electron chi connectivity index (χ0n) is 9.09. The highest BCUT2D eigenvalue weighted by Crippen LogP contribution is 2.27. The van der Waals surface area contributed by atoms with Gasteiger partial charge < -0.3 is 5.32 Å². The molecule has 15 heavy (non-hydrogen) atoms. The lowest BCUT2D eigenvalue weighted by Gasteiger charge is -2.07. The number of benzene rings is 1. The summed E-state index contributed by atoms with van der Waals surface area (Å²) in [7, 11) is 0. The molecule has 2 heteroatoms. The van der Waals surface area contributed by atoms with Gasteiger partial charge in [0.25, 0.3) is 0 Å². The molecule has 0 amide bonds. The molecule has 0 unspecified atom stereocenters. The van der Waals surface area contributed by atoms with Gasteiger partial charge in [-0.15, -0.1) is 0 Å². The van der Waals surface area contributed by atoms with E-state index in [9.17, 15) is 0 Å². The molecule has 78 valence electrons. The van der Waals surface area contributed by atoms with E-state index in [0.717, 1.165) is 24.6 Å². The summed E-state index contributed by atoms with van der Waals surface area (Å²) in [4.78, 5) is 0. The SMILES string of the molecule is Cc1cc(C#N)ccc1CNCC1CC1. The van der Waals surface area contributed by atoms with E-state index in [0.29, 0.717) is 0 Å². The standard InChI is InChI=1S/C13H16N2/c1-10-6-12(7-14)4-5-13(10)9-15-8-11-2-3-11/h4-6,11,15H,2-3,8-9H2,1H3. The van der Waals surface area contributed by atoms with Crippen LogP contribution >= 0.6 is 0 Å². The summed E-state index contributed by atoms with van der Waals surface area (Å²) in [6.07, 6.45) is 2.78. The Bertz CT molecular complexity index is 386. The lowest BCUT2D eigenvalue weighted by atomic mass is 10.1. The van der Waals surface area contributed by atoms with Gasteiger partial charge in [0.05, 0.1) is 11.6 Å². The number of hydrogen-bond acceptors (Lipinski definition) is 2. The fourth-order valence-electron chi connectivity index (χ4n) is 1.70. The van der Waals surface area contributed by atoms with Crippen molar-refractivity contribution in [1.82, 2.24) is 5.32 Å². The molecule has 1 aromatic carbocycles. The average Bonchev–Trinajstić information content (AvgIpc) is 3.04. The van der Waals surface area contributed by atoms with Gasteiger partial charge in [0.15, 0.2) is 0 Å². The summed E-state index contributed by atoms with van der Waals surface area (Å²) in [5.74, 6) is 0.920. The number of nitriles is 1. The second kappa shape index (κ2) is 4.46. The summed E-state index contributed by atoms with van der Waals surface area (Å²) in [6.45, 7) is 4.13. The number of hydrogen-bond donors (Lipinski definition) is 1. The van der Waals surface area contributed by atoms with E-state index < -0.39 is 0 Å². The molecule has 0 radical (unpaired) electrons. The smallest absolute Gasteiger partial charge is 0.0991 e. The Morgan fingerprint density at radius 2 is 2.27 bits per heavy atom. The molecule has 2 nitrogen and oxygen atoms in total. The van der Waals surface area contributed by atoms with Crippen molar-refractivity contribution in [3.8, 4) is 6.07 Å². The zero-order valence-corrected chi connectivity index (χ0v) is 9.09. The van der Waals surface area contributed by atoms with Gasteiger partial charge in [0.2, 0.25) is 0 Å². The van der Waals surface area contributed by atoms with Gasteiger partial charge in [-0.1, -0.05) is 6.07 Å². The molecule has 1 N–H and O–H groups in total. The van der Waals surface area contributed by atoms with Crippen LogP contribution in [-0.2, 0) is 6.54 Å². The van der Waals surface area contributed by atoms with Gasteiger partial charge in [-0.2, -0.15) is 5.26 Å². The largest absolute Gasteiger partial charge is 0.312 e. The van der Waals surface area contributed by atoms with E-state index in [1.165, 1.54) is 24.0 Å². The molecule has 2 rings (SSSR count). The molecule has 0 spiro atoms. The monoisotopic (exact) mass is 200 g/mol. The molecule has 0 aliphatic heterocycles. The molecule has 1 aromatic rings. The number of aryl methyl sites for hydroxylation is 1. The fraction of sp³-hybridized carbons (Fsp3) is 0.462. The fourth-order valence-corrected chi connectivity index (χ4v) is 1.70. The Hall–Kier alpha value is -1.33. The first-order valence-corrected chi connectivity index (χ1v) is 5.50. The molecule has 0 heterocycles. The Balaban J connectivity index is 1.92. The van der Waals surface area contributed by atoms with Crippen molar-refractivity contribution in [1.29, 1.82) is 5.26 Å². The molecule has 1 saturated carbocycles. The summed E-state index contributed by atoms with van der Waals surface area (Å²) in [5, 5.41) is 12.2. The van der Waals surface area contributed by atoms with E-state index in [-0.39, 0.29) is 0 Å². The van der Waals surface area contributed by atoms with Crippen LogP contribution in [0.4, 0.5) is 0 Å². The van der Waals surface area contributed by atoms with Crippen LogP contribution in [0.5, 0.6) is 0 Å². The maximum atomic E-state index is 8.74. The van der Waals surface area contributed by atoms with Crippen LogP contribution in [0, 0.1) is 24.2 Å². The Morgan fingerprint density at radius 3 is 2.87 bits per heavy atom. The summed E-state index contributed by atoms with van der Waals surface area (Å²) < 4.78 is 0. The first kappa shape index (κ1) is 10.2. The highest BCUT2D eigenvalue weighted by molar-refractivity contribution is 5.37. The van der Waals surface area contributed by atoms with E-state index in [4.69, 9.17) is 5.26 Å². The quantitative estimate of drug-likeness (QED) is 0.810. The van der Waals surface area contributed by atoms with Crippen molar-refractivity contribution in [3.63, 3.8) is 0 Å². The number of nitrogens with zero attached hydrogens (tertiary/aromatic N) is 1. The summed E-state index contributed by atoms with van der Waals surface area (Å²) in [5.41, 5.74) is 3.26. The number of nitrogens with one attached hydrogen (secondary N) is 1. The molecule has 0 saturated heterocycles. The average molecular weight is 200 g/mol. The zero-order chi connectivity index (χ0) is 10.7. The first-order chi connectivity index (χ1) is 7.29. The molecule has 1 fully saturated rings. The molecule has 0 aromatic heterocycles. The molecule has 0 bridgehead atoms. The van der Waals surface area contributed by atoms with Crippen molar-refractivity contribution in [3.05, 3.63) is 34.9 Å². The van der Waals surface area contributed by atoms with Gasteiger partial charge in [-0.25, -0.2) is 0 Å². The maximum absolute atomic E-state index is 8.74. The van der Waals surface area contributed by atoms with E-state index >= 15 is 0 Å². The van der Waals surface area contributed by atoms with E-state index in [1.807, 2.05) is 18.2 Å². The highest BCUT2D eigenvalue weighted by Gasteiger charge is 2.20. The minimum atomic E-state index is 0.749. The van der Waals surface area contributed by atoms with Gasteiger partial charge in [-0.3, -0.25) is 0 Å². The van der Waals surface area contributed by atoms with Crippen LogP contribution in [0.25, 0.3) is 0 Å². The third-order valence-corrected chi connectivity index (χ3v) is 2.92. The van der Waals surface area contributed by atoms with Gasteiger partial charge >= 0.3 is 0 Å². The van der Waals surface area contributed by atoms with Crippen molar-refractivity contribution in [2.45, 2.75) is 26.3 Å². The Morgan fingerprint density at radius 1 is 1.47 bits per heavy atom. The van der Waals surface area contributed by atoms with Crippen LogP contribution in [0.1, 0.15) is 29.5 Å². The van der Waals surface area contributed by atoms with Crippen molar-refractivity contribution in [2.75, 3.05) is 6.54 Å². The predicted molar refractivity (Wildman–Crippen MR) is 60.3 cm³/mol. The van der Waals surface area contributed by atoms with E-state index in [2.05, 4.69) is 18.3 Å². The normalized spacial score (nSPS) is 14.9. The van der Waals surface area contributed by atoms with Gasteiger partial charge in [-0.05, 0) is 55.5 Å². The third-order valence-electron chi connectivity index (χ3n) is 2.92. The summed E-state index contributed by atoms with van der Waals surface area (Å²) in [6, 6.07) is 8.05. The predicted octanol–water partition coefficient (Wildman–Crippen LogP) is 2.37. The second-order valence-corrected chi connectivity index (χ2v) is 4.33. The minimum Gasteiger partial charge on any atom is -0.312 e. The highest BCUT2D eigenvalue weighted by atomic mass is 14.9. The van der Waals surface area contributed by atoms with Crippen molar-refractivity contribution >= 4 is 0 Å². The lowest BCUT2D eigenvalue weighted by Crippen LogP contribution is -2.16. The van der Waals surface area contributed by atoms with Crippen LogP contribution in [0.15, 0.2) is 18.2 Å². The first-order valence-electron chi connectivity index (χ1n) is 5.50. The Labute approximate surface area is 90.9 Å². The van der Waals surface area contributed by atoms with Gasteiger partial charge in [0.1, 0.15) is 0 Å². The van der Waals surface area contributed by atoms with Crippen molar-refractivity contribution < 1.29 is 0 Å². The second-order valence-electron chi connectivity index (χ2n) is 4.33. The third kappa shape index (κ3) is 2.81. The maximum Gasteiger partial charge on any atom is 0.0991 e. The van der Waals surface area contributed by atoms with Crippen molar-refractivity contribution in [2.24, 2.45) is 5.92 Å². The molecule has 1 aliphatic rings. The Kier molecular flexibility index (Phi) is 3.03. The molecule has 0 atom stereocenters. The lowest BCUT2D eigenvalue weighted by molar-refractivity contribution is 0.637.